The maximum absolute atomic E-state index is 6.04. The lowest BCUT2D eigenvalue weighted by Crippen LogP contribution is -2.42. The number of hydrogen-bond donors (Lipinski definition) is 1. The van der Waals surface area contributed by atoms with E-state index in [1.54, 1.807) is 0 Å². The molecular weight excluding hydrogens is 240 g/mol. The van der Waals surface area contributed by atoms with Crippen molar-refractivity contribution in [3.05, 3.63) is 21.4 Å². The molecule has 2 heterocycles. The fourth-order valence-corrected chi connectivity index (χ4v) is 3.88. The second-order valence-corrected chi connectivity index (χ2v) is 7.78. The van der Waals surface area contributed by atoms with Crippen LogP contribution in [0.2, 0.25) is 0 Å². The minimum atomic E-state index is 0.422. The van der Waals surface area contributed by atoms with Crippen LogP contribution >= 0.6 is 11.3 Å². The van der Waals surface area contributed by atoms with Crippen LogP contribution in [-0.2, 0) is 0 Å². The van der Waals surface area contributed by atoms with E-state index in [-0.39, 0.29) is 0 Å². The van der Waals surface area contributed by atoms with Crippen molar-refractivity contribution in [2.75, 3.05) is 19.6 Å². The Morgan fingerprint density at radius 3 is 2.39 bits per heavy atom. The van der Waals surface area contributed by atoms with E-state index in [0.29, 0.717) is 11.5 Å². The van der Waals surface area contributed by atoms with Crippen LogP contribution in [0.15, 0.2) is 6.07 Å². The molecule has 0 bridgehead atoms. The molecule has 1 atom stereocenters. The van der Waals surface area contributed by atoms with Crippen molar-refractivity contribution in [2.24, 2.45) is 11.1 Å². The molecular formula is C15H26N2S. The highest BCUT2D eigenvalue weighted by atomic mass is 32.1. The Balaban J connectivity index is 2.13. The second-order valence-electron chi connectivity index (χ2n) is 6.32. The van der Waals surface area contributed by atoms with E-state index in [4.69, 9.17) is 5.73 Å². The van der Waals surface area contributed by atoms with Crippen molar-refractivity contribution in [2.45, 2.75) is 46.6 Å². The number of nitrogens with zero attached hydrogens (tertiary/aromatic N) is 1. The third-order valence-electron chi connectivity index (χ3n) is 4.25. The van der Waals surface area contributed by atoms with Gasteiger partial charge >= 0.3 is 0 Å². The standard InChI is InChI=1S/C15H26N2S/c1-11-9-13(12(2)18-11)14(10-16)17-7-5-15(3,4)6-8-17/h9,14H,5-8,10,16H2,1-4H3. The highest BCUT2D eigenvalue weighted by Gasteiger charge is 2.30. The average Bonchev–Trinajstić information content (AvgIpc) is 2.61. The zero-order valence-corrected chi connectivity index (χ0v) is 12.9. The molecule has 102 valence electrons. The number of likely N-dealkylation sites (tertiary alicyclic amines) is 1. The molecule has 0 aliphatic carbocycles. The summed E-state index contributed by atoms with van der Waals surface area (Å²) in [6.45, 7) is 12.3. The van der Waals surface area contributed by atoms with E-state index in [1.165, 1.54) is 41.2 Å². The lowest BCUT2D eigenvalue weighted by Gasteiger charge is -2.40. The molecule has 18 heavy (non-hydrogen) atoms. The zero-order chi connectivity index (χ0) is 13.3. The Kier molecular flexibility index (Phi) is 4.15. The molecule has 0 amide bonds. The Morgan fingerprint density at radius 1 is 1.33 bits per heavy atom. The fraction of sp³-hybridized carbons (Fsp3) is 0.733. The molecule has 1 aliphatic heterocycles. The van der Waals surface area contributed by atoms with Gasteiger partial charge in [-0.1, -0.05) is 13.8 Å². The predicted molar refractivity (Wildman–Crippen MR) is 80.2 cm³/mol. The van der Waals surface area contributed by atoms with Gasteiger partial charge < -0.3 is 5.73 Å². The van der Waals surface area contributed by atoms with E-state index in [1.807, 2.05) is 11.3 Å². The van der Waals surface area contributed by atoms with Crippen LogP contribution in [0.3, 0.4) is 0 Å². The van der Waals surface area contributed by atoms with E-state index < -0.39 is 0 Å². The zero-order valence-electron chi connectivity index (χ0n) is 12.1. The Morgan fingerprint density at radius 2 is 1.94 bits per heavy atom. The number of thiophene rings is 1. The van der Waals surface area contributed by atoms with Crippen LogP contribution in [0.5, 0.6) is 0 Å². The number of piperidine rings is 1. The van der Waals surface area contributed by atoms with Crippen molar-refractivity contribution in [3.8, 4) is 0 Å². The van der Waals surface area contributed by atoms with E-state index in [2.05, 4.69) is 38.7 Å². The lowest BCUT2D eigenvalue weighted by molar-refractivity contribution is 0.0963. The molecule has 0 aromatic carbocycles. The quantitative estimate of drug-likeness (QED) is 0.907. The van der Waals surface area contributed by atoms with Crippen molar-refractivity contribution < 1.29 is 0 Å². The van der Waals surface area contributed by atoms with Crippen LogP contribution in [0.4, 0.5) is 0 Å². The van der Waals surface area contributed by atoms with Crippen molar-refractivity contribution in [1.29, 1.82) is 0 Å². The molecule has 0 radical (unpaired) electrons. The maximum atomic E-state index is 6.04. The molecule has 1 aromatic rings. The van der Waals surface area contributed by atoms with Gasteiger partial charge in [-0.3, -0.25) is 4.90 Å². The third-order valence-corrected chi connectivity index (χ3v) is 5.24. The summed E-state index contributed by atoms with van der Waals surface area (Å²) in [6.07, 6.45) is 2.57. The molecule has 2 N–H and O–H groups in total. The summed E-state index contributed by atoms with van der Waals surface area (Å²) in [4.78, 5) is 5.42. The van der Waals surface area contributed by atoms with Gasteiger partial charge in [0, 0.05) is 22.3 Å². The molecule has 1 fully saturated rings. The van der Waals surface area contributed by atoms with Gasteiger partial charge in [0.25, 0.3) is 0 Å². The van der Waals surface area contributed by atoms with E-state index >= 15 is 0 Å². The van der Waals surface area contributed by atoms with Gasteiger partial charge in [-0.05, 0) is 56.8 Å². The smallest absolute Gasteiger partial charge is 0.0481 e. The first-order chi connectivity index (χ1) is 8.43. The van der Waals surface area contributed by atoms with Crippen molar-refractivity contribution >= 4 is 11.3 Å². The van der Waals surface area contributed by atoms with Gasteiger partial charge in [0.2, 0.25) is 0 Å². The fourth-order valence-electron chi connectivity index (χ4n) is 2.90. The summed E-state index contributed by atoms with van der Waals surface area (Å²) in [5.74, 6) is 0. The molecule has 0 spiro atoms. The van der Waals surface area contributed by atoms with Gasteiger partial charge in [0.05, 0.1) is 0 Å². The van der Waals surface area contributed by atoms with Crippen molar-refractivity contribution in [1.82, 2.24) is 4.90 Å². The van der Waals surface area contributed by atoms with Crippen LogP contribution in [0.1, 0.15) is 48.0 Å². The van der Waals surface area contributed by atoms with Crippen LogP contribution in [-0.4, -0.2) is 24.5 Å². The molecule has 0 saturated carbocycles. The summed E-state index contributed by atoms with van der Waals surface area (Å²) >= 11 is 1.89. The minimum absolute atomic E-state index is 0.422. The SMILES string of the molecule is Cc1cc(C(CN)N2CCC(C)(C)CC2)c(C)s1. The number of aryl methyl sites for hydroxylation is 2. The molecule has 1 aromatic heterocycles. The monoisotopic (exact) mass is 266 g/mol. The highest BCUT2D eigenvalue weighted by molar-refractivity contribution is 7.12. The predicted octanol–water partition coefficient (Wildman–Crippen LogP) is 3.49. The lowest BCUT2D eigenvalue weighted by atomic mass is 9.82. The number of nitrogens with two attached hydrogens (primary N) is 1. The number of rotatable bonds is 3. The summed E-state index contributed by atoms with van der Waals surface area (Å²) in [5, 5.41) is 0. The first-order valence-corrected chi connectivity index (χ1v) is 7.76. The van der Waals surface area contributed by atoms with Crippen LogP contribution < -0.4 is 5.73 Å². The topological polar surface area (TPSA) is 29.3 Å². The molecule has 1 aliphatic rings. The first-order valence-electron chi connectivity index (χ1n) is 6.94. The van der Waals surface area contributed by atoms with E-state index in [9.17, 15) is 0 Å². The van der Waals surface area contributed by atoms with Crippen LogP contribution in [0.25, 0.3) is 0 Å². The average molecular weight is 266 g/mol. The molecule has 2 nitrogen and oxygen atoms in total. The van der Waals surface area contributed by atoms with E-state index in [0.717, 1.165) is 6.54 Å². The van der Waals surface area contributed by atoms with Gasteiger partial charge in [0.1, 0.15) is 0 Å². The van der Waals surface area contributed by atoms with Crippen LogP contribution in [0, 0.1) is 19.3 Å². The summed E-state index contributed by atoms with van der Waals surface area (Å²) < 4.78 is 0. The highest BCUT2D eigenvalue weighted by Crippen LogP contribution is 2.36. The second kappa shape index (κ2) is 5.32. The molecule has 3 heteroatoms. The Labute approximate surface area is 115 Å². The molecule has 2 rings (SSSR count). The largest absolute Gasteiger partial charge is 0.329 e. The number of hydrogen-bond acceptors (Lipinski definition) is 3. The maximum Gasteiger partial charge on any atom is 0.0481 e. The molecule has 1 saturated heterocycles. The first kappa shape index (κ1) is 14.0. The normalized spacial score (nSPS) is 22.1. The summed E-state index contributed by atoms with van der Waals surface area (Å²) in [7, 11) is 0. The van der Waals surface area contributed by atoms with Gasteiger partial charge in [-0.25, -0.2) is 0 Å². The Hall–Kier alpha value is -0.380. The summed E-state index contributed by atoms with van der Waals surface area (Å²) in [6, 6.07) is 2.75. The van der Waals surface area contributed by atoms with Gasteiger partial charge in [-0.15, -0.1) is 11.3 Å². The van der Waals surface area contributed by atoms with Crippen molar-refractivity contribution in [3.63, 3.8) is 0 Å². The third kappa shape index (κ3) is 2.95. The van der Waals surface area contributed by atoms with Gasteiger partial charge in [0.15, 0.2) is 0 Å². The Bertz CT molecular complexity index is 399. The molecule has 1 unspecified atom stereocenters. The van der Waals surface area contributed by atoms with Gasteiger partial charge in [-0.2, -0.15) is 0 Å². The summed E-state index contributed by atoms with van der Waals surface area (Å²) in [5.41, 5.74) is 8.01. The minimum Gasteiger partial charge on any atom is -0.329 e.